The number of hydrogen-bond donors (Lipinski definition) is 1. The predicted octanol–water partition coefficient (Wildman–Crippen LogP) is 2.52. The highest BCUT2D eigenvalue weighted by molar-refractivity contribution is 7.95. The maximum Gasteiger partial charge on any atom is 0.221 e. The van der Waals surface area contributed by atoms with Crippen LogP contribution in [0.25, 0.3) is 6.08 Å². The maximum absolute atomic E-state index is 12.6. The van der Waals surface area contributed by atoms with Crippen molar-refractivity contribution in [1.29, 1.82) is 0 Å². The molecule has 0 aliphatic heterocycles. The summed E-state index contributed by atoms with van der Waals surface area (Å²) in [5.74, 6) is 0.661. The molecule has 2 aromatic rings. The number of carbonyl (C=O) groups is 1. The van der Waals surface area contributed by atoms with Crippen LogP contribution in [-0.4, -0.2) is 21.9 Å². The molecular weight excluding hydrogens is 314 g/mol. The van der Waals surface area contributed by atoms with Gasteiger partial charge >= 0.3 is 0 Å². The van der Waals surface area contributed by atoms with Crippen LogP contribution in [0.15, 0.2) is 58.5 Å². The number of sulfone groups is 1. The molecule has 0 aliphatic carbocycles. The van der Waals surface area contributed by atoms with E-state index in [2.05, 4.69) is 5.32 Å². The Labute approximate surface area is 135 Å². The van der Waals surface area contributed by atoms with Gasteiger partial charge in [0.1, 0.15) is 10.8 Å². The van der Waals surface area contributed by atoms with E-state index in [1.807, 2.05) is 6.92 Å². The Morgan fingerprint density at radius 3 is 2.17 bits per heavy atom. The van der Waals surface area contributed by atoms with Crippen molar-refractivity contribution in [3.05, 3.63) is 64.7 Å². The Morgan fingerprint density at radius 1 is 1.04 bits per heavy atom. The smallest absolute Gasteiger partial charge is 0.221 e. The highest BCUT2D eigenvalue weighted by atomic mass is 32.2. The number of aryl methyl sites for hydroxylation is 1. The molecule has 23 heavy (non-hydrogen) atoms. The molecule has 0 fully saturated rings. The average molecular weight is 331 g/mol. The molecule has 0 saturated carbocycles. The lowest BCUT2D eigenvalue weighted by atomic mass is 10.2. The van der Waals surface area contributed by atoms with E-state index in [1.54, 1.807) is 43.5 Å². The van der Waals surface area contributed by atoms with Crippen LogP contribution in [-0.2, 0) is 14.6 Å². The maximum atomic E-state index is 12.6. The molecule has 6 heteroatoms. The molecule has 0 aliphatic rings. The lowest BCUT2D eigenvalue weighted by molar-refractivity contribution is -0.108. The largest absolute Gasteiger partial charge is 0.497 e. The summed E-state index contributed by atoms with van der Waals surface area (Å²) in [7, 11) is -2.26. The summed E-state index contributed by atoms with van der Waals surface area (Å²) in [6, 6.07) is 13.3. The Balaban J connectivity index is 2.45. The van der Waals surface area contributed by atoms with Gasteiger partial charge in [0.05, 0.1) is 12.0 Å². The number of benzene rings is 2. The van der Waals surface area contributed by atoms with Gasteiger partial charge in [-0.1, -0.05) is 29.8 Å². The van der Waals surface area contributed by atoms with Crippen LogP contribution in [0, 0.1) is 6.92 Å². The molecule has 0 saturated heterocycles. The Hall–Kier alpha value is -2.60. The minimum Gasteiger partial charge on any atom is -0.497 e. The van der Waals surface area contributed by atoms with Crippen molar-refractivity contribution in [2.75, 3.05) is 7.11 Å². The molecule has 2 aromatic carbocycles. The average Bonchev–Trinajstić information content (AvgIpc) is 2.55. The first kappa shape index (κ1) is 16.8. The lowest BCUT2D eigenvalue weighted by Gasteiger charge is -2.09. The normalized spacial score (nSPS) is 11.8. The number of amides is 1. The van der Waals surface area contributed by atoms with E-state index in [1.165, 1.54) is 18.2 Å². The first-order valence-corrected chi connectivity index (χ1v) is 8.33. The van der Waals surface area contributed by atoms with Gasteiger partial charge in [-0.05, 0) is 42.8 Å². The topological polar surface area (TPSA) is 72.5 Å². The number of methoxy groups -OCH3 is 1. The lowest BCUT2D eigenvalue weighted by Crippen LogP contribution is -2.19. The molecule has 0 heterocycles. The van der Waals surface area contributed by atoms with E-state index >= 15 is 0 Å². The van der Waals surface area contributed by atoms with E-state index in [0.29, 0.717) is 17.7 Å². The Morgan fingerprint density at radius 2 is 1.65 bits per heavy atom. The number of nitrogens with one attached hydrogen (secondary N) is 1. The van der Waals surface area contributed by atoms with Gasteiger partial charge in [0, 0.05) is 0 Å². The van der Waals surface area contributed by atoms with Crippen LogP contribution in [0.1, 0.15) is 11.1 Å². The monoisotopic (exact) mass is 331 g/mol. The molecule has 2 rings (SSSR count). The molecular formula is C17H17NO4S. The molecule has 0 unspecified atom stereocenters. The van der Waals surface area contributed by atoms with Crippen LogP contribution in [0.5, 0.6) is 5.75 Å². The van der Waals surface area contributed by atoms with Crippen molar-refractivity contribution in [2.45, 2.75) is 11.8 Å². The van der Waals surface area contributed by atoms with Gasteiger partial charge in [0.2, 0.25) is 16.2 Å². The molecule has 1 amide bonds. The predicted molar refractivity (Wildman–Crippen MR) is 88.5 cm³/mol. The van der Waals surface area contributed by atoms with Crippen LogP contribution in [0.2, 0.25) is 0 Å². The Bertz CT molecular complexity index is 807. The third kappa shape index (κ3) is 3.98. The Kier molecular flexibility index (Phi) is 5.18. The number of hydrogen-bond acceptors (Lipinski definition) is 4. The standard InChI is InChI=1S/C17H17NO4S/c1-13-3-9-16(10-4-13)23(20,21)17(18-12-19)11-14-5-7-15(22-2)8-6-14/h3-12H,1-2H3,(H,18,19)/b17-11-. The van der Waals surface area contributed by atoms with E-state index < -0.39 is 9.84 Å². The third-order valence-electron chi connectivity index (χ3n) is 3.24. The number of ether oxygens (including phenoxy) is 1. The van der Waals surface area contributed by atoms with E-state index in [-0.39, 0.29) is 9.92 Å². The molecule has 0 spiro atoms. The molecule has 5 nitrogen and oxygen atoms in total. The van der Waals surface area contributed by atoms with Crippen molar-refractivity contribution < 1.29 is 17.9 Å². The van der Waals surface area contributed by atoms with Crippen molar-refractivity contribution in [3.63, 3.8) is 0 Å². The van der Waals surface area contributed by atoms with Crippen LogP contribution in [0.3, 0.4) is 0 Å². The summed E-state index contributed by atoms with van der Waals surface area (Å²) in [5, 5.41) is 2.10. The minimum atomic E-state index is -3.81. The van der Waals surface area contributed by atoms with Gasteiger partial charge in [0.15, 0.2) is 0 Å². The quantitative estimate of drug-likeness (QED) is 0.826. The summed E-state index contributed by atoms with van der Waals surface area (Å²) in [6.07, 6.45) is 1.75. The molecule has 0 atom stereocenters. The second-order valence-corrected chi connectivity index (χ2v) is 6.78. The first-order chi connectivity index (χ1) is 11.0. The summed E-state index contributed by atoms with van der Waals surface area (Å²) >= 11 is 0. The van der Waals surface area contributed by atoms with Crippen LogP contribution in [0.4, 0.5) is 0 Å². The SMILES string of the molecule is COc1ccc(/C=C(/NC=O)S(=O)(=O)c2ccc(C)cc2)cc1. The zero-order valence-electron chi connectivity index (χ0n) is 12.8. The summed E-state index contributed by atoms with van der Waals surface area (Å²) in [5.41, 5.74) is 1.58. The molecule has 0 aromatic heterocycles. The molecule has 1 N–H and O–H groups in total. The van der Waals surface area contributed by atoms with Crippen molar-refractivity contribution >= 4 is 22.3 Å². The van der Waals surface area contributed by atoms with Crippen molar-refractivity contribution in [2.24, 2.45) is 0 Å². The minimum absolute atomic E-state index is 0.122. The fraction of sp³-hybridized carbons (Fsp3) is 0.118. The fourth-order valence-corrected chi connectivity index (χ4v) is 3.19. The highest BCUT2D eigenvalue weighted by Gasteiger charge is 2.20. The summed E-state index contributed by atoms with van der Waals surface area (Å²) in [4.78, 5) is 10.9. The van der Waals surface area contributed by atoms with Gasteiger partial charge in [0.25, 0.3) is 0 Å². The van der Waals surface area contributed by atoms with E-state index in [9.17, 15) is 13.2 Å². The van der Waals surface area contributed by atoms with Gasteiger partial charge in [-0.2, -0.15) is 0 Å². The number of rotatable bonds is 6. The van der Waals surface area contributed by atoms with Crippen LogP contribution >= 0.6 is 0 Å². The van der Waals surface area contributed by atoms with Crippen molar-refractivity contribution in [1.82, 2.24) is 5.32 Å². The highest BCUT2D eigenvalue weighted by Crippen LogP contribution is 2.21. The number of carbonyl (C=O) groups excluding carboxylic acids is 1. The second kappa shape index (κ2) is 7.11. The first-order valence-electron chi connectivity index (χ1n) is 6.85. The van der Waals surface area contributed by atoms with Crippen LogP contribution < -0.4 is 10.1 Å². The van der Waals surface area contributed by atoms with E-state index in [0.717, 1.165) is 5.56 Å². The van der Waals surface area contributed by atoms with Gasteiger partial charge < -0.3 is 10.1 Å². The molecule has 0 radical (unpaired) electrons. The second-order valence-electron chi connectivity index (χ2n) is 4.86. The third-order valence-corrected chi connectivity index (χ3v) is 4.94. The zero-order chi connectivity index (χ0) is 16.9. The van der Waals surface area contributed by atoms with Gasteiger partial charge in [-0.15, -0.1) is 0 Å². The van der Waals surface area contributed by atoms with Gasteiger partial charge in [-0.25, -0.2) is 8.42 Å². The van der Waals surface area contributed by atoms with Crippen molar-refractivity contribution in [3.8, 4) is 5.75 Å². The molecule has 0 bridgehead atoms. The zero-order valence-corrected chi connectivity index (χ0v) is 13.6. The van der Waals surface area contributed by atoms with Gasteiger partial charge in [-0.3, -0.25) is 4.79 Å². The summed E-state index contributed by atoms with van der Waals surface area (Å²) in [6.45, 7) is 1.87. The van der Waals surface area contributed by atoms with E-state index in [4.69, 9.17) is 4.74 Å². The summed E-state index contributed by atoms with van der Waals surface area (Å²) < 4.78 is 30.4. The molecule has 120 valence electrons. The fourth-order valence-electron chi connectivity index (χ4n) is 1.95.